The van der Waals surface area contributed by atoms with Crippen LogP contribution in [0.5, 0.6) is 0 Å². The van der Waals surface area contributed by atoms with Crippen LogP contribution in [0.3, 0.4) is 0 Å². The molecule has 0 spiro atoms. The van der Waals surface area contributed by atoms with Gasteiger partial charge in [0.15, 0.2) is 0 Å². The number of benzene rings is 2. The fraction of sp³-hybridized carbons (Fsp3) is 0.158. The Morgan fingerprint density at radius 2 is 1.82 bits per heavy atom. The summed E-state index contributed by atoms with van der Waals surface area (Å²) in [6.45, 7) is 2.89. The summed E-state index contributed by atoms with van der Waals surface area (Å²) in [5.74, 6) is 0. The van der Waals surface area contributed by atoms with Gasteiger partial charge in [0.05, 0.1) is 0 Å². The average Bonchev–Trinajstić information content (AvgIpc) is 3.03. The van der Waals surface area contributed by atoms with Crippen LogP contribution in [0.1, 0.15) is 16.0 Å². The Morgan fingerprint density at radius 1 is 1.05 bits per heavy atom. The van der Waals surface area contributed by atoms with E-state index < -0.39 is 0 Å². The molecule has 2 nitrogen and oxygen atoms in total. The Morgan fingerprint density at radius 3 is 2.59 bits per heavy atom. The lowest BCUT2D eigenvalue weighted by Gasteiger charge is -1.95. The fourth-order valence-corrected chi connectivity index (χ4v) is 3.04. The van der Waals surface area contributed by atoms with Crippen LogP contribution in [-0.2, 0) is 6.42 Å². The highest BCUT2D eigenvalue weighted by molar-refractivity contribution is 7.15. The van der Waals surface area contributed by atoms with E-state index in [1.165, 1.54) is 16.0 Å². The highest BCUT2D eigenvalue weighted by Gasteiger charge is 2.03. The molecule has 3 heteroatoms. The van der Waals surface area contributed by atoms with Gasteiger partial charge in [-0.25, -0.2) is 4.98 Å². The molecule has 0 N–H and O–H groups in total. The Hall–Kier alpha value is -2.26. The third kappa shape index (κ3) is 3.89. The Kier molecular flexibility index (Phi) is 4.76. The minimum absolute atomic E-state index is 0.796. The number of hydrogen-bond acceptors (Lipinski definition) is 3. The van der Waals surface area contributed by atoms with Crippen LogP contribution in [0.15, 0.2) is 65.8 Å². The number of nitrogens with zero attached hydrogens (tertiary/aromatic N) is 2. The molecule has 0 unspecified atom stereocenters. The molecule has 0 aliphatic carbocycles. The van der Waals surface area contributed by atoms with Crippen LogP contribution < -0.4 is 0 Å². The molecule has 0 amide bonds. The summed E-state index contributed by atoms with van der Waals surface area (Å²) in [5, 5.41) is 1.08. The molecule has 1 heterocycles. The lowest BCUT2D eigenvalue weighted by molar-refractivity contribution is 0.989. The SMILES string of the molecule is Cc1ccc(C=NCCc2cnc(-c3ccccc3)s2)cc1. The molecule has 0 radical (unpaired) electrons. The minimum atomic E-state index is 0.796. The van der Waals surface area contributed by atoms with Crippen LogP contribution in [0.25, 0.3) is 10.6 Å². The smallest absolute Gasteiger partial charge is 0.123 e. The lowest BCUT2D eigenvalue weighted by atomic mass is 10.2. The third-order valence-electron chi connectivity index (χ3n) is 3.38. The van der Waals surface area contributed by atoms with E-state index in [9.17, 15) is 0 Å². The number of rotatable bonds is 5. The summed E-state index contributed by atoms with van der Waals surface area (Å²) < 4.78 is 0. The van der Waals surface area contributed by atoms with Crippen molar-refractivity contribution in [1.29, 1.82) is 0 Å². The number of aryl methyl sites for hydroxylation is 1. The van der Waals surface area contributed by atoms with Crippen molar-refractivity contribution in [2.24, 2.45) is 4.99 Å². The first-order valence-corrected chi connectivity index (χ1v) is 8.19. The molecule has 22 heavy (non-hydrogen) atoms. The third-order valence-corrected chi connectivity index (χ3v) is 4.49. The predicted molar refractivity (Wildman–Crippen MR) is 94.9 cm³/mol. The van der Waals surface area contributed by atoms with E-state index in [0.29, 0.717) is 0 Å². The van der Waals surface area contributed by atoms with Crippen molar-refractivity contribution >= 4 is 17.6 Å². The molecule has 0 aliphatic heterocycles. The molecule has 0 atom stereocenters. The van der Waals surface area contributed by atoms with Gasteiger partial charge in [-0.1, -0.05) is 60.2 Å². The van der Waals surface area contributed by atoms with Gasteiger partial charge in [-0.2, -0.15) is 0 Å². The number of hydrogen-bond donors (Lipinski definition) is 0. The Bertz CT molecular complexity index is 743. The van der Waals surface area contributed by atoms with E-state index in [-0.39, 0.29) is 0 Å². The van der Waals surface area contributed by atoms with E-state index in [2.05, 4.69) is 53.3 Å². The summed E-state index contributed by atoms with van der Waals surface area (Å²) in [6, 6.07) is 18.7. The van der Waals surface area contributed by atoms with Crippen LogP contribution in [-0.4, -0.2) is 17.7 Å². The first-order chi connectivity index (χ1) is 10.8. The summed E-state index contributed by atoms with van der Waals surface area (Å²) in [7, 11) is 0. The highest BCUT2D eigenvalue weighted by Crippen LogP contribution is 2.24. The Labute approximate surface area is 135 Å². The second-order valence-corrected chi connectivity index (χ2v) is 6.31. The molecule has 1 aromatic heterocycles. The summed E-state index contributed by atoms with van der Waals surface area (Å²) >= 11 is 1.75. The normalized spacial score (nSPS) is 11.1. The van der Waals surface area contributed by atoms with Crippen molar-refractivity contribution in [2.75, 3.05) is 6.54 Å². The van der Waals surface area contributed by atoms with Crippen molar-refractivity contribution in [2.45, 2.75) is 13.3 Å². The van der Waals surface area contributed by atoms with Crippen LogP contribution in [0.4, 0.5) is 0 Å². The Balaban J connectivity index is 1.56. The van der Waals surface area contributed by atoms with E-state index in [0.717, 1.165) is 23.5 Å². The zero-order valence-corrected chi connectivity index (χ0v) is 13.4. The standard InChI is InChI=1S/C19H18N2S/c1-15-7-9-16(10-8-15)13-20-12-11-18-14-21-19(22-18)17-5-3-2-4-6-17/h2-10,13-14H,11-12H2,1H3. The second-order valence-electron chi connectivity index (χ2n) is 5.19. The molecule has 3 aromatic rings. The van der Waals surface area contributed by atoms with Gasteiger partial charge in [0.25, 0.3) is 0 Å². The van der Waals surface area contributed by atoms with Crippen molar-refractivity contribution in [3.05, 3.63) is 76.8 Å². The maximum atomic E-state index is 4.50. The van der Waals surface area contributed by atoms with Gasteiger partial charge in [-0.3, -0.25) is 4.99 Å². The van der Waals surface area contributed by atoms with Crippen molar-refractivity contribution in [3.8, 4) is 10.6 Å². The molecule has 3 rings (SSSR count). The maximum Gasteiger partial charge on any atom is 0.123 e. The van der Waals surface area contributed by atoms with Gasteiger partial charge < -0.3 is 0 Å². The zero-order valence-electron chi connectivity index (χ0n) is 12.6. The zero-order chi connectivity index (χ0) is 15.2. The molecule has 2 aromatic carbocycles. The molecule has 0 fully saturated rings. The minimum Gasteiger partial charge on any atom is -0.292 e. The van der Waals surface area contributed by atoms with E-state index in [4.69, 9.17) is 0 Å². The molecular formula is C19H18N2S. The van der Waals surface area contributed by atoms with Gasteiger partial charge in [0, 0.05) is 35.8 Å². The van der Waals surface area contributed by atoms with Gasteiger partial charge in [0.2, 0.25) is 0 Å². The summed E-state index contributed by atoms with van der Waals surface area (Å²) in [4.78, 5) is 10.3. The van der Waals surface area contributed by atoms with Crippen molar-refractivity contribution in [3.63, 3.8) is 0 Å². The largest absolute Gasteiger partial charge is 0.292 e. The van der Waals surface area contributed by atoms with Crippen LogP contribution in [0.2, 0.25) is 0 Å². The molecule has 110 valence electrons. The molecule has 0 aliphatic rings. The monoisotopic (exact) mass is 306 g/mol. The maximum absolute atomic E-state index is 4.50. The van der Waals surface area contributed by atoms with E-state index in [1.54, 1.807) is 11.3 Å². The van der Waals surface area contributed by atoms with Crippen LogP contribution >= 0.6 is 11.3 Å². The van der Waals surface area contributed by atoms with Gasteiger partial charge in [0.1, 0.15) is 5.01 Å². The average molecular weight is 306 g/mol. The fourth-order valence-electron chi connectivity index (χ4n) is 2.13. The summed E-state index contributed by atoms with van der Waals surface area (Å²) in [5.41, 5.74) is 3.61. The lowest BCUT2D eigenvalue weighted by Crippen LogP contribution is -1.88. The van der Waals surface area contributed by atoms with Crippen LogP contribution in [0, 0.1) is 6.92 Å². The van der Waals surface area contributed by atoms with Gasteiger partial charge >= 0.3 is 0 Å². The van der Waals surface area contributed by atoms with E-state index in [1.807, 2.05) is 30.6 Å². The van der Waals surface area contributed by atoms with Crippen molar-refractivity contribution in [1.82, 2.24) is 4.98 Å². The first kappa shape index (κ1) is 14.7. The quantitative estimate of drug-likeness (QED) is 0.623. The molecule has 0 saturated carbocycles. The first-order valence-electron chi connectivity index (χ1n) is 7.38. The topological polar surface area (TPSA) is 25.2 Å². The molecule has 0 saturated heterocycles. The van der Waals surface area contributed by atoms with E-state index >= 15 is 0 Å². The summed E-state index contributed by atoms with van der Waals surface area (Å²) in [6.07, 6.45) is 4.85. The predicted octanol–water partition coefficient (Wildman–Crippen LogP) is 4.78. The number of aliphatic imine (C=N–C) groups is 1. The highest BCUT2D eigenvalue weighted by atomic mass is 32.1. The van der Waals surface area contributed by atoms with Gasteiger partial charge in [-0.15, -0.1) is 11.3 Å². The number of aromatic nitrogens is 1. The molecule has 0 bridgehead atoms. The second kappa shape index (κ2) is 7.14. The van der Waals surface area contributed by atoms with Crippen molar-refractivity contribution < 1.29 is 0 Å². The molecular weight excluding hydrogens is 288 g/mol. The van der Waals surface area contributed by atoms with Gasteiger partial charge in [-0.05, 0) is 12.5 Å². The number of thiazole rings is 1.